The van der Waals surface area contributed by atoms with E-state index in [1.165, 1.54) is 63.5 Å². The summed E-state index contributed by atoms with van der Waals surface area (Å²) >= 11 is 0. The summed E-state index contributed by atoms with van der Waals surface area (Å²) in [6.07, 6.45) is 15.7. The second kappa shape index (κ2) is 11.8. The van der Waals surface area contributed by atoms with Gasteiger partial charge in [0.25, 0.3) is 0 Å². The van der Waals surface area contributed by atoms with E-state index in [1.807, 2.05) is 0 Å². The van der Waals surface area contributed by atoms with Gasteiger partial charge in [-0.15, -0.1) is 24.8 Å². The first-order valence-corrected chi connectivity index (χ1v) is 11.5. The predicted molar refractivity (Wildman–Crippen MR) is 128 cm³/mol. The second-order valence-electron chi connectivity index (χ2n) is 9.14. The van der Waals surface area contributed by atoms with Crippen molar-refractivity contribution in [2.24, 2.45) is 0 Å². The van der Waals surface area contributed by atoms with E-state index in [0.717, 1.165) is 44.9 Å². The molecule has 1 atom stereocenters. The third-order valence-electron chi connectivity index (χ3n) is 7.61. The van der Waals surface area contributed by atoms with Crippen LogP contribution in [0.2, 0.25) is 0 Å². The summed E-state index contributed by atoms with van der Waals surface area (Å²) in [5.41, 5.74) is 1.26. The number of halogens is 2. The number of para-hydroxylation sites is 1. The minimum absolute atomic E-state index is 0. The van der Waals surface area contributed by atoms with Crippen LogP contribution in [0.15, 0.2) is 30.3 Å². The summed E-state index contributed by atoms with van der Waals surface area (Å²) in [6.45, 7) is 3.31. The van der Waals surface area contributed by atoms with Crippen molar-refractivity contribution in [2.75, 3.05) is 24.5 Å². The molecule has 1 N–H and O–H groups in total. The summed E-state index contributed by atoms with van der Waals surface area (Å²) in [6, 6.07) is 11.6. The van der Waals surface area contributed by atoms with Crippen LogP contribution in [0, 0.1) is 0 Å². The van der Waals surface area contributed by atoms with E-state index >= 15 is 0 Å². The van der Waals surface area contributed by atoms with Gasteiger partial charge in [0, 0.05) is 31.4 Å². The highest BCUT2D eigenvalue weighted by atomic mass is 35.5. The van der Waals surface area contributed by atoms with Crippen LogP contribution in [0.1, 0.15) is 77.0 Å². The van der Waals surface area contributed by atoms with Crippen LogP contribution in [0.5, 0.6) is 0 Å². The molecule has 5 heteroatoms. The summed E-state index contributed by atoms with van der Waals surface area (Å²) in [4.78, 5) is 5.31. The molecule has 2 saturated heterocycles. The molecule has 3 aliphatic rings. The van der Waals surface area contributed by atoms with E-state index in [0.29, 0.717) is 0 Å². The average Bonchev–Trinajstić information content (AvgIpc) is 3.03. The first kappa shape index (κ1) is 24.8. The Kier molecular flexibility index (Phi) is 10.1. The van der Waals surface area contributed by atoms with Gasteiger partial charge in [-0.1, -0.05) is 63.1 Å². The SMILES string of the molecule is Cl.Cl.OC1CCN(c2ccccc2)C12CCN(C1CCCCCCCCC1)CC2. The van der Waals surface area contributed by atoms with Crippen LogP contribution >= 0.6 is 24.8 Å². The smallest absolute Gasteiger partial charge is 0.0789 e. The van der Waals surface area contributed by atoms with Crippen molar-refractivity contribution in [3.63, 3.8) is 0 Å². The van der Waals surface area contributed by atoms with Gasteiger partial charge in [-0.2, -0.15) is 0 Å². The normalized spacial score (nSPS) is 26.5. The lowest BCUT2D eigenvalue weighted by Crippen LogP contribution is -2.58. The number of hydrogen-bond acceptors (Lipinski definition) is 3. The molecule has 1 unspecified atom stereocenters. The Hall–Kier alpha value is -0.480. The van der Waals surface area contributed by atoms with E-state index in [4.69, 9.17) is 0 Å². The first-order valence-electron chi connectivity index (χ1n) is 11.5. The summed E-state index contributed by atoms with van der Waals surface area (Å²) in [7, 11) is 0. The van der Waals surface area contributed by atoms with Gasteiger partial charge in [-0.05, 0) is 44.2 Å². The Bertz CT molecular complexity index is 568. The molecule has 2 heterocycles. The molecule has 3 fully saturated rings. The van der Waals surface area contributed by atoms with Crippen LogP contribution in [-0.2, 0) is 0 Å². The second-order valence-corrected chi connectivity index (χ2v) is 9.14. The number of hydrogen-bond donors (Lipinski definition) is 1. The highest BCUT2D eigenvalue weighted by molar-refractivity contribution is 5.85. The molecular weight excluding hydrogens is 403 g/mol. The fourth-order valence-corrected chi connectivity index (χ4v) is 5.95. The van der Waals surface area contributed by atoms with Crippen LogP contribution in [0.25, 0.3) is 0 Å². The van der Waals surface area contributed by atoms with Gasteiger partial charge >= 0.3 is 0 Å². The summed E-state index contributed by atoms with van der Waals surface area (Å²) in [5.74, 6) is 0. The zero-order valence-corrected chi connectivity index (χ0v) is 19.4. The van der Waals surface area contributed by atoms with Crippen molar-refractivity contribution in [3.05, 3.63) is 30.3 Å². The number of nitrogens with zero attached hydrogens (tertiary/aromatic N) is 2. The highest BCUT2D eigenvalue weighted by Gasteiger charge is 2.50. The Morgan fingerprint density at radius 1 is 0.724 bits per heavy atom. The molecule has 1 aliphatic carbocycles. The first-order chi connectivity index (χ1) is 13.3. The van der Waals surface area contributed by atoms with Gasteiger partial charge in [0.15, 0.2) is 0 Å². The molecule has 29 heavy (non-hydrogen) atoms. The fourth-order valence-electron chi connectivity index (χ4n) is 5.95. The Balaban J connectivity index is 0.00000150. The van der Waals surface area contributed by atoms with E-state index in [-0.39, 0.29) is 36.5 Å². The molecule has 166 valence electrons. The minimum Gasteiger partial charge on any atom is -0.391 e. The maximum absolute atomic E-state index is 10.9. The Labute approximate surface area is 190 Å². The number of aliphatic hydroxyl groups is 1. The molecule has 0 amide bonds. The molecule has 0 radical (unpaired) electrons. The minimum atomic E-state index is -0.177. The van der Waals surface area contributed by atoms with Gasteiger partial charge in [-0.3, -0.25) is 0 Å². The predicted octanol–water partition coefficient (Wildman–Crippen LogP) is 5.83. The zero-order chi connectivity index (χ0) is 18.5. The van der Waals surface area contributed by atoms with Gasteiger partial charge in [0.05, 0.1) is 11.6 Å². The number of anilines is 1. The topological polar surface area (TPSA) is 26.7 Å². The maximum atomic E-state index is 10.9. The highest BCUT2D eigenvalue weighted by Crippen LogP contribution is 2.42. The lowest BCUT2D eigenvalue weighted by atomic mass is 9.81. The zero-order valence-electron chi connectivity index (χ0n) is 17.8. The maximum Gasteiger partial charge on any atom is 0.0789 e. The van der Waals surface area contributed by atoms with Crippen LogP contribution < -0.4 is 4.90 Å². The largest absolute Gasteiger partial charge is 0.391 e. The van der Waals surface area contributed by atoms with E-state index < -0.39 is 0 Å². The number of aliphatic hydroxyl groups excluding tert-OH is 1. The number of rotatable bonds is 2. The Morgan fingerprint density at radius 2 is 1.28 bits per heavy atom. The summed E-state index contributed by atoms with van der Waals surface area (Å²) in [5, 5.41) is 10.9. The lowest BCUT2D eigenvalue weighted by molar-refractivity contribution is 0.0371. The summed E-state index contributed by atoms with van der Waals surface area (Å²) < 4.78 is 0. The molecule has 0 aromatic heterocycles. The number of piperidine rings is 1. The number of likely N-dealkylation sites (tertiary alicyclic amines) is 1. The van der Waals surface area contributed by atoms with Crippen molar-refractivity contribution in [2.45, 2.75) is 94.7 Å². The third kappa shape index (κ3) is 5.61. The number of benzene rings is 1. The molecule has 2 aliphatic heterocycles. The van der Waals surface area contributed by atoms with E-state index in [1.54, 1.807) is 0 Å². The molecule has 1 aromatic carbocycles. The van der Waals surface area contributed by atoms with Gasteiger partial charge in [-0.25, -0.2) is 0 Å². The van der Waals surface area contributed by atoms with E-state index in [2.05, 4.69) is 40.1 Å². The lowest BCUT2D eigenvalue weighted by Gasteiger charge is -2.49. The molecule has 1 spiro atoms. The third-order valence-corrected chi connectivity index (χ3v) is 7.61. The van der Waals surface area contributed by atoms with Crippen LogP contribution in [0.4, 0.5) is 5.69 Å². The van der Waals surface area contributed by atoms with Gasteiger partial charge < -0.3 is 14.9 Å². The molecular formula is C24H40Cl2N2O. The van der Waals surface area contributed by atoms with Gasteiger partial charge in [0.1, 0.15) is 0 Å². The Morgan fingerprint density at radius 3 is 1.86 bits per heavy atom. The van der Waals surface area contributed by atoms with Crippen molar-refractivity contribution in [3.8, 4) is 0 Å². The van der Waals surface area contributed by atoms with Crippen molar-refractivity contribution in [1.82, 2.24) is 4.90 Å². The van der Waals surface area contributed by atoms with Crippen molar-refractivity contribution >= 4 is 30.5 Å². The van der Waals surface area contributed by atoms with Crippen molar-refractivity contribution < 1.29 is 5.11 Å². The van der Waals surface area contributed by atoms with Crippen molar-refractivity contribution in [1.29, 1.82) is 0 Å². The quantitative estimate of drug-likeness (QED) is 0.623. The fraction of sp³-hybridized carbons (Fsp3) is 0.750. The molecule has 3 nitrogen and oxygen atoms in total. The average molecular weight is 444 g/mol. The monoisotopic (exact) mass is 442 g/mol. The van der Waals surface area contributed by atoms with Gasteiger partial charge in [0.2, 0.25) is 0 Å². The molecule has 1 aromatic rings. The molecule has 0 bridgehead atoms. The standard InChI is InChI=1S/C24H38N2O.2ClH/c27-23-15-18-26(22-13-9-6-10-14-22)24(23)16-19-25(20-17-24)21-11-7-4-2-1-3-5-8-12-21;;/h6,9-10,13-14,21,23,27H,1-5,7-8,11-12,15-20H2;2*1H. The molecule has 4 rings (SSSR count). The molecule has 1 saturated carbocycles. The van der Waals surface area contributed by atoms with E-state index in [9.17, 15) is 5.11 Å². The van der Waals surface area contributed by atoms with Crippen LogP contribution in [-0.4, -0.2) is 47.3 Å². The van der Waals surface area contributed by atoms with Crippen LogP contribution in [0.3, 0.4) is 0 Å².